The van der Waals surface area contributed by atoms with E-state index in [2.05, 4.69) is 15.0 Å². The summed E-state index contributed by atoms with van der Waals surface area (Å²) >= 11 is 0. The predicted octanol–water partition coefficient (Wildman–Crippen LogP) is -0.559. The molecule has 8 heteroatoms. The summed E-state index contributed by atoms with van der Waals surface area (Å²) in [5.74, 6) is 0.317. The van der Waals surface area contributed by atoms with E-state index in [1.807, 2.05) is 0 Å². The number of aliphatic hydroxyl groups excluding tert-OH is 2. The molecule has 8 nitrogen and oxygen atoms in total. The fourth-order valence-electron chi connectivity index (χ4n) is 2.35. The van der Waals surface area contributed by atoms with Crippen molar-refractivity contribution < 1.29 is 14.9 Å². The Hall–Kier alpha value is -1.77. The second kappa shape index (κ2) is 4.41. The molecule has 0 aliphatic carbocycles. The van der Waals surface area contributed by atoms with Gasteiger partial charge in [-0.15, -0.1) is 0 Å². The number of hydrogen-bond donors (Lipinski definition) is 3. The van der Waals surface area contributed by atoms with Crippen LogP contribution in [0.4, 0.5) is 5.82 Å². The van der Waals surface area contributed by atoms with E-state index in [1.165, 1.54) is 6.33 Å². The van der Waals surface area contributed by atoms with Gasteiger partial charge in [0.2, 0.25) is 0 Å². The highest BCUT2D eigenvalue weighted by molar-refractivity contribution is 5.81. The fraction of sp³-hybridized carbons (Fsp3) is 0.545. The Morgan fingerprint density at radius 3 is 2.84 bits per heavy atom. The molecule has 0 aromatic carbocycles. The lowest BCUT2D eigenvalue weighted by atomic mass is 10.0. The molecule has 0 spiro atoms. The molecule has 0 unspecified atom stereocenters. The van der Waals surface area contributed by atoms with Crippen LogP contribution in [0.3, 0.4) is 0 Å². The number of aromatic nitrogens is 4. The molecule has 102 valence electrons. The molecule has 19 heavy (non-hydrogen) atoms. The molecule has 1 aliphatic rings. The molecular weight excluding hydrogens is 250 g/mol. The van der Waals surface area contributed by atoms with Crippen LogP contribution in [0.15, 0.2) is 12.7 Å². The first-order chi connectivity index (χ1) is 9.19. The molecular formula is C11H15N5O3. The van der Waals surface area contributed by atoms with Gasteiger partial charge >= 0.3 is 0 Å². The molecule has 1 atom stereocenters. The maximum absolute atomic E-state index is 9.33. The summed E-state index contributed by atoms with van der Waals surface area (Å²) in [4.78, 5) is 12.2. The molecule has 1 saturated heterocycles. The van der Waals surface area contributed by atoms with Crippen LogP contribution in [0, 0.1) is 0 Å². The SMILES string of the molecule is Nc1ncnc2c1ncn2[C@H]1CCC(CO)(CO)O1. The summed E-state index contributed by atoms with van der Waals surface area (Å²) < 4.78 is 7.51. The molecule has 0 saturated carbocycles. The lowest BCUT2D eigenvalue weighted by Crippen LogP contribution is -2.37. The van der Waals surface area contributed by atoms with E-state index in [1.54, 1.807) is 10.9 Å². The van der Waals surface area contributed by atoms with E-state index < -0.39 is 5.60 Å². The Morgan fingerprint density at radius 2 is 2.16 bits per heavy atom. The number of hydrogen-bond acceptors (Lipinski definition) is 7. The number of aliphatic hydroxyl groups is 2. The third-order valence-electron chi connectivity index (χ3n) is 3.51. The molecule has 2 aromatic heterocycles. The van der Waals surface area contributed by atoms with E-state index in [0.717, 1.165) is 0 Å². The average Bonchev–Trinajstić information content (AvgIpc) is 3.03. The van der Waals surface area contributed by atoms with E-state index >= 15 is 0 Å². The molecule has 1 aliphatic heterocycles. The number of rotatable bonds is 3. The van der Waals surface area contributed by atoms with Gasteiger partial charge in [-0.3, -0.25) is 4.57 Å². The Balaban J connectivity index is 1.96. The third-order valence-corrected chi connectivity index (χ3v) is 3.51. The van der Waals surface area contributed by atoms with Crippen LogP contribution in [-0.4, -0.2) is 48.5 Å². The van der Waals surface area contributed by atoms with Crippen molar-refractivity contribution >= 4 is 17.0 Å². The molecule has 0 amide bonds. The van der Waals surface area contributed by atoms with E-state index in [4.69, 9.17) is 10.5 Å². The first kappa shape index (κ1) is 12.3. The van der Waals surface area contributed by atoms with Crippen LogP contribution in [0.5, 0.6) is 0 Å². The summed E-state index contributed by atoms with van der Waals surface area (Å²) in [5, 5.41) is 18.7. The summed E-state index contributed by atoms with van der Waals surface area (Å²) in [6.07, 6.45) is 3.88. The minimum absolute atomic E-state index is 0.218. The van der Waals surface area contributed by atoms with Crippen LogP contribution in [0.25, 0.3) is 11.2 Å². The van der Waals surface area contributed by atoms with Crippen molar-refractivity contribution in [1.29, 1.82) is 0 Å². The second-order valence-electron chi connectivity index (χ2n) is 4.69. The molecule has 3 heterocycles. The van der Waals surface area contributed by atoms with Crippen molar-refractivity contribution in [1.82, 2.24) is 19.5 Å². The lowest BCUT2D eigenvalue weighted by molar-refractivity contribution is -0.120. The zero-order chi connectivity index (χ0) is 13.5. The van der Waals surface area contributed by atoms with Gasteiger partial charge in [0.15, 0.2) is 11.5 Å². The molecule has 4 N–H and O–H groups in total. The zero-order valence-corrected chi connectivity index (χ0v) is 10.2. The van der Waals surface area contributed by atoms with Crippen LogP contribution in [0.2, 0.25) is 0 Å². The number of nitrogen functional groups attached to an aromatic ring is 1. The number of imidazole rings is 1. The molecule has 2 aromatic rings. The summed E-state index contributed by atoms with van der Waals surface area (Å²) in [6, 6.07) is 0. The van der Waals surface area contributed by atoms with Crippen LogP contribution >= 0.6 is 0 Å². The second-order valence-corrected chi connectivity index (χ2v) is 4.69. The molecule has 0 radical (unpaired) electrons. The van der Waals surface area contributed by atoms with E-state index in [-0.39, 0.29) is 19.4 Å². The maximum atomic E-state index is 9.33. The number of anilines is 1. The maximum Gasteiger partial charge on any atom is 0.167 e. The largest absolute Gasteiger partial charge is 0.393 e. The van der Waals surface area contributed by atoms with Crippen molar-refractivity contribution in [3.63, 3.8) is 0 Å². The van der Waals surface area contributed by atoms with Gasteiger partial charge in [0.25, 0.3) is 0 Å². The van der Waals surface area contributed by atoms with Crippen molar-refractivity contribution in [2.24, 2.45) is 0 Å². The van der Waals surface area contributed by atoms with Gasteiger partial charge in [-0.05, 0) is 12.8 Å². The highest BCUT2D eigenvalue weighted by Crippen LogP contribution is 2.37. The molecule has 1 fully saturated rings. The first-order valence-corrected chi connectivity index (χ1v) is 6.02. The number of nitrogens with two attached hydrogens (primary N) is 1. The Labute approximate surface area is 108 Å². The topological polar surface area (TPSA) is 119 Å². The Bertz CT molecular complexity index is 595. The highest BCUT2D eigenvalue weighted by Gasteiger charge is 2.40. The summed E-state index contributed by atoms with van der Waals surface area (Å²) in [6.45, 7) is -0.437. The third kappa shape index (κ3) is 1.84. The van der Waals surface area contributed by atoms with Crippen LogP contribution < -0.4 is 5.73 Å². The molecule has 3 rings (SSSR count). The smallest absolute Gasteiger partial charge is 0.167 e. The molecule has 0 bridgehead atoms. The number of ether oxygens (including phenoxy) is 1. The number of nitrogens with zero attached hydrogens (tertiary/aromatic N) is 4. The van der Waals surface area contributed by atoms with Crippen molar-refractivity contribution in [2.75, 3.05) is 18.9 Å². The van der Waals surface area contributed by atoms with E-state index in [0.29, 0.717) is 29.8 Å². The van der Waals surface area contributed by atoms with Crippen LogP contribution in [0.1, 0.15) is 19.1 Å². The lowest BCUT2D eigenvalue weighted by Gasteiger charge is -2.24. The van der Waals surface area contributed by atoms with Crippen molar-refractivity contribution in [3.8, 4) is 0 Å². The Kier molecular flexibility index (Phi) is 2.85. The van der Waals surface area contributed by atoms with Gasteiger partial charge in [0.1, 0.15) is 23.7 Å². The minimum atomic E-state index is -0.889. The van der Waals surface area contributed by atoms with E-state index in [9.17, 15) is 10.2 Å². The first-order valence-electron chi connectivity index (χ1n) is 6.02. The average molecular weight is 265 g/mol. The number of fused-ring (bicyclic) bond motifs is 1. The zero-order valence-electron chi connectivity index (χ0n) is 10.2. The summed E-state index contributed by atoms with van der Waals surface area (Å²) in [5.41, 5.74) is 5.95. The highest BCUT2D eigenvalue weighted by atomic mass is 16.5. The van der Waals surface area contributed by atoms with Crippen LogP contribution in [-0.2, 0) is 4.74 Å². The summed E-state index contributed by atoms with van der Waals surface area (Å²) in [7, 11) is 0. The van der Waals surface area contributed by atoms with Gasteiger partial charge in [-0.25, -0.2) is 15.0 Å². The van der Waals surface area contributed by atoms with Crippen molar-refractivity contribution in [2.45, 2.75) is 24.7 Å². The normalized spacial score (nSPS) is 22.1. The fourth-order valence-corrected chi connectivity index (χ4v) is 2.35. The van der Waals surface area contributed by atoms with Gasteiger partial charge in [0, 0.05) is 0 Å². The van der Waals surface area contributed by atoms with Gasteiger partial charge in [0.05, 0.1) is 19.5 Å². The minimum Gasteiger partial charge on any atom is -0.393 e. The predicted molar refractivity (Wildman–Crippen MR) is 66.0 cm³/mol. The van der Waals surface area contributed by atoms with Gasteiger partial charge < -0.3 is 20.7 Å². The van der Waals surface area contributed by atoms with Crippen molar-refractivity contribution in [3.05, 3.63) is 12.7 Å². The van der Waals surface area contributed by atoms with Gasteiger partial charge in [-0.1, -0.05) is 0 Å². The monoisotopic (exact) mass is 265 g/mol. The quantitative estimate of drug-likeness (QED) is 0.680. The Morgan fingerprint density at radius 1 is 1.37 bits per heavy atom. The standard InChI is InChI=1S/C11H15N5O3/c12-9-8-10(14-5-13-9)16(6-15-8)7-1-2-11(3-17,4-18)19-7/h5-7,17-18H,1-4H2,(H2,12,13,14)/t7-/m1/s1. The van der Waals surface area contributed by atoms with Gasteiger partial charge in [-0.2, -0.15) is 0 Å².